The number of nitrogens with zero attached hydrogens (tertiary/aromatic N) is 1. The van der Waals surface area contributed by atoms with Gasteiger partial charge in [-0.15, -0.1) is 0 Å². The van der Waals surface area contributed by atoms with Gasteiger partial charge in [-0.2, -0.15) is 0 Å². The molecule has 23 heavy (non-hydrogen) atoms. The molecule has 1 aliphatic heterocycles. The molecule has 0 unspecified atom stereocenters. The van der Waals surface area contributed by atoms with Crippen molar-refractivity contribution in [1.82, 2.24) is 5.32 Å². The van der Waals surface area contributed by atoms with Gasteiger partial charge in [0.1, 0.15) is 12.6 Å². The van der Waals surface area contributed by atoms with Gasteiger partial charge in [0.15, 0.2) is 0 Å². The third-order valence-corrected chi connectivity index (χ3v) is 3.83. The number of carboxylic acids is 1. The third-order valence-electron chi connectivity index (χ3n) is 3.83. The minimum Gasteiger partial charge on any atom is -0.480 e. The molecule has 2 N–H and O–H groups in total. The lowest BCUT2D eigenvalue weighted by atomic mass is 10.0. The Morgan fingerprint density at radius 3 is 2.61 bits per heavy atom. The zero-order valence-corrected chi connectivity index (χ0v) is 13.4. The first-order valence-electron chi connectivity index (χ1n) is 7.79. The summed E-state index contributed by atoms with van der Waals surface area (Å²) < 4.78 is 0. The number of carbonyl (C=O) groups is 3. The number of fused-ring (bicyclic) bond motifs is 1. The Morgan fingerprint density at radius 1 is 1.26 bits per heavy atom. The molecule has 0 aliphatic carbocycles. The molecule has 1 heterocycles. The van der Waals surface area contributed by atoms with Gasteiger partial charge in [-0.3, -0.25) is 9.59 Å². The smallest absolute Gasteiger partial charge is 0.326 e. The Hall–Kier alpha value is -2.37. The van der Waals surface area contributed by atoms with E-state index in [1.165, 1.54) is 4.90 Å². The zero-order chi connectivity index (χ0) is 17.0. The minimum atomic E-state index is -1.06. The highest BCUT2D eigenvalue weighted by atomic mass is 16.4. The number of para-hydroxylation sites is 1. The number of anilines is 1. The lowest BCUT2D eigenvalue weighted by Gasteiger charge is -2.29. The molecule has 0 bridgehead atoms. The quantitative estimate of drug-likeness (QED) is 0.834. The maximum absolute atomic E-state index is 12.2. The summed E-state index contributed by atoms with van der Waals surface area (Å²) in [5.74, 6) is -1.48. The predicted octanol–water partition coefficient (Wildman–Crippen LogP) is 1.58. The van der Waals surface area contributed by atoms with Crippen LogP contribution in [0.4, 0.5) is 5.69 Å². The molecule has 6 heteroatoms. The molecule has 0 saturated carbocycles. The first-order valence-corrected chi connectivity index (χ1v) is 7.79. The summed E-state index contributed by atoms with van der Waals surface area (Å²) in [7, 11) is 0. The van der Waals surface area contributed by atoms with Gasteiger partial charge < -0.3 is 15.3 Å². The number of carboxylic acid groups (broad SMARTS) is 1. The molecule has 2 rings (SSSR count). The first-order chi connectivity index (χ1) is 10.9. The van der Waals surface area contributed by atoms with Gasteiger partial charge in [0, 0.05) is 12.1 Å². The second-order valence-electron chi connectivity index (χ2n) is 6.20. The number of aryl methyl sites for hydroxylation is 1. The summed E-state index contributed by atoms with van der Waals surface area (Å²) in [4.78, 5) is 37.0. The molecule has 2 amide bonds. The van der Waals surface area contributed by atoms with E-state index in [9.17, 15) is 19.5 Å². The normalized spacial score (nSPS) is 15.3. The molecule has 1 aliphatic rings. The largest absolute Gasteiger partial charge is 0.480 e. The summed E-state index contributed by atoms with van der Waals surface area (Å²) >= 11 is 0. The zero-order valence-electron chi connectivity index (χ0n) is 13.4. The monoisotopic (exact) mass is 318 g/mol. The van der Waals surface area contributed by atoms with Crippen molar-refractivity contribution in [2.45, 2.75) is 39.2 Å². The highest BCUT2D eigenvalue weighted by Crippen LogP contribution is 2.27. The SMILES string of the molecule is CC(C)C[C@H](NC(=O)CN1C(=O)CCc2ccccc21)C(=O)O. The topological polar surface area (TPSA) is 86.7 Å². The Bertz CT molecular complexity index is 612. The van der Waals surface area contributed by atoms with Crippen molar-refractivity contribution in [2.24, 2.45) is 5.92 Å². The van der Waals surface area contributed by atoms with Gasteiger partial charge in [0.2, 0.25) is 11.8 Å². The highest BCUT2D eigenvalue weighted by Gasteiger charge is 2.27. The predicted molar refractivity (Wildman–Crippen MR) is 86.1 cm³/mol. The molecule has 124 valence electrons. The molecule has 0 radical (unpaired) electrons. The van der Waals surface area contributed by atoms with Crippen LogP contribution in [0.3, 0.4) is 0 Å². The van der Waals surface area contributed by atoms with Crippen molar-refractivity contribution in [3.8, 4) is 0 Å². The lowest BCUT2D eigenvalue weighted by molar-refractivity contribution is -0.142. The Kier molecular flexibility index (Phi) is 5.36. The van der Waals surface area contributed by atoms with Crippen LogP contribution in [-0.2, 0) is 20.8 Å². The average molecular weight is 318 g/mol. The third kappa shape index (κ3) is 4.31. The Morgan fingerprint density at radius 2 is 1.96 bits per heavy atom. The van der Waals surface area contributed by atoms with E-state index in [0.29, 0.717) is 19.3 Å². The molecule has 0 spiro atoms. The number of rotatable bonds is 6. The molecule has 6 nitrogen and oxygen atoms in total. The maximum atomic E-state index is 12.2. The van der Waals surface area contributed by atoms with Crippen molar-refractivity contribution < 1.29 is 19.5 Å². The Labute approximate surface area is 135 Å². The summed E-state index contributed by atoms with van der Waals surface area (Å²) in [6, 6.07) is 6.53. The minimum absolute atomic E-state index is 0.116. The van der Waals surface area contributed by atoms with Gasteiger partial charge in [0.25, 0.3) is 0 Å². The van der Waals surface area contributed by atoms with E-state index in [1.54, 1.807) is 0 Å². The molecule has 0 saturated heterocycles. The highest BCUT2D eigenvalue weighted by molar-refractivity contribution is 6.01. The number of aliphatic carboxylic acids is 1. The average Bonchev–Trinajstić information content (AvgIpc) is 2.49. The lowest BCUT2D eigenvalue weighted by Crippen LogP contribution is -2.48. The fourth-order valence-electron chi connectivity index (χ4n) is 2.75. The van der Waals surface area contributed by atoms with E-state index in [4.69, 9.17) is 0 Å². The van der Waals surface area contributed by atoms with Gasteiger partial charge in [0.05, 0.1) is 0 Å². The molecular formula is C17H22N2O4. The fourth-order valence-corrected chi connectivity index (χ4v) is 2.75. The number of nitrogens with one attached hydrogen (secondary N) is 1. The van der Waals surface area contributed by atoms with Gasteiger partial charge in [-0.25, -0.2) is 4.79 Å². The molecule has 0 fully saturated rings. The van der Waals surface area contributed by atoms with Gasteiger partial charge in [-0.1, -0.05) is 32.0 Å². The van der Waals surface area contributed by atoms with Gasteiger partial charge >= 0.3 is 5.97 Å². The summed E-state index contributed by atoms with van der Waals surface area (Å²) in [6.07, 6.45) is 1.38. The number of carbonyl (C=O) groups excluding carboxylic acids is 2. The van der Waals surface area contributed by atoms with Crippen LogP contribution in [0.25, 0.3) is 0 Å². The second kappa shape index (κ2) is 7.26. The summed E-state index contributed by atoms with van der Waals surface area (Å²) in [5.41, 5.74) is 1.76. The van der Waals surface area contributed by atoms with Crippen molar-refractivity contribution in [1.29, 1.82) is 0 Å². The second-order valence-corrected chi connectivity index (χ2v) is 6.20. The van der Waals surface area contributed by atoms with E-state index in [-0.39, 0.29) is 18.4 Å². The van der Waals surface area contributed by atoms with Crippen LogP contribution in [-0.4, -0.2) is 35.5 Å². The van der Waals surface area contributed by atoms with Crippen molar-refractivity contribution in [3.63, 3.8) is 0 Å². The van der Waals surface area contributed by atoms with E-state index >= 15 is 0 Å². The van der Waals surface area contributed by atoms with E-state index in [0.717, 1.165) is 11.3 Å². The van der Waals surface area contributed by atoms with Gasteiger partial charge in [-0.05, 0) is 30.4 Å². The van der Waals surface area contributed by atoms with Crippen LogP contribution >= 0.6 is 0 Å². The van der Waals surface area contributed by atoms with Crippen molar-refractivity contribution >= 4 is 23.5 Å². The first kappa shape index (κ1) is 17.0. The number of hydrogen-bond donors (Lipinski definition) is 2. The van der Waals surface area contributed by atoms with Crippen LogP contribution in [0.1, 0.15) is 32.3 Å². The maximum Gasteiger partial charge on any atom is 0.326 e. The number of benzene rings is 1. The van der Waals surface area contributed by atoms with Crippen molar-refractivity contribution in [3.05, 3.63) is 29.8 Å². The van der Waals surface area contributed by atoms with Crippen LogP contribution in [0.5, 0.6) is 0 Å². The summed E-state index contributed by atoms with van der Waals surface area (Å²) in [5, 5.41) is 11.7. The van der Waals surface area contributed by atoms with Crippen LogP contribution in [0.15, 0.2) is 24.3 Å². The number of hydrogen-bond acceptors (Lipinski definition) is 3. The van der Waals surface area contributed by atoms with E-state index < -0.39 is 17.9 Å². The summed E-state index contributed by atoms with van der Waals surface area (Å²) in [6.45, 7) is 3.64. The molecular weight excluding hydrogens is 296 g/mol. The number of amides is 2. The molecule has 1 aromatic rings. The molecule has 1 atom stereocenters. The van der Waals surface area contributed by atoms with E-state index in [1.807, 2.05) is 38.1 Å². The van der Waals surface area contributed by atoms with Crippen LogP contribution in [0, 0.1) is 5.92 Å². The molecule has 1 aromatic carbocycles. The van der Waals surface area contributed by atoms with Crippen molar-refractivity contribution in [2.75, 3.05) is 11.4 Å². The molecule has 0 aromatic heterocycles. The standard InChI is InChI=1S/C17H22N2O4/c1-11(2)9-13(17(22)23)18-15(20)10-19-14-6-4-3-5-12(14)7-8-16(19)21/h3-6,11,13H,7-10H2,1-2H3,(H,18,20)(H,22,23)/t13-/m0/s1. The van der Waals surface area contributed by atoms with Crippen LogP contribution in [0.2, 0.25) is 0 Å². The Balaban J connectivity index is 2.07. The van der Waals surface area contributed by atoms with E-state index in [2.05, 4.69) is 5.32 Å². The van der Waals surface area contributed by atoms with Crippen LogP contribution < -0.4 is 10.2 Å². The fraction of sp³-hybridized carbons (Fsp3) is 0.471.